The quantitative estimate of drug-likeness (QED) is 0.872. The van der Waals surface area contributed by atoms with Gasteiger partial charge in [-0.15, -0.1) is 0 Å². The van der Waals surface area contributed by atoms with Crippen LogP contribution in [-0.2, 0) is 0 Å². The van der Waals surface area contributed by atoms with E-state index in [1.54, 1.807) is 36.7 Å². The van der Waals surface area contributed by atoms with E-state index in [9.17, 15) is 4.79 Å². The van der Waals surface area contributed by atoms with E-state index >= 15 is 0 Å². The Labute approximate surface area is 105 Å². The summed E-state index contributed by atoms with van der Waals surface area (Å²) in [5.41, 5.74) is 2.68. The number of hydrogen-bond donors (Lipinski definition) is 1. The maximum absolute atomic E-state index is 11.9. The summed E-state index contributed by atoms with van der Waals surface area (Å²) in [5, 5.41) is 11.5. The third-order valence-electron chi connectivity index (χ3n) is 2.56. The van der Waals surface area contributed by atoms with Gasteiger partial charge in [0.2, 0.25) is 0 Å². The van der Waals surface area contributed by atoms with Gasteiger partial charge in [-0.2, -0.15) is 5.26 Å². The maximum Gasteiger partial charge on any atom is 0.255 e. The zero-order valence-electron chi connectivity index (χ0n) is 9.84. The fourth-order valence-electron chi connectivity index (χ4n) is 1.49. The largest absolute Gasteiger partial charge is 0.320 e. The highest BCUT2D eigenvalue weighted by Crippen LogP contribution is 2.13. The van der Waals surface area contributed by atoms with Crippen LogP contribution in [-0.4, -0.2) is 10.9 Å². The summed E-state index contributed by atoms with van der Waals surface area (Å²) in [5.74, 6) is -0.212. The van der Waals surface area contributed by atoms with Crippen LogP contribution < -0.4 is 5.32 Å². The van der Waals surface area contributed by atoms with Crippen LogP contribution in [0.5, 0.6) is 0 Å². The summed E-state index contributed by atoms with van der Waals surface area (Å²) in [6.07, 6.45) is 3.28. The van der Waals surface area contributed by atoms with Gasteiger partial charge in [0.05, 0.1) is 23.5 Å². The molecule has 4 nitrogen and oxygen atoms in total. The highest BCUT2D eigenvalue weighted by atomic mass is 16.1. The van der Waals surface area contributed by atoms with E-state index in [2.05, 4.69) is 10.3 Å². The van der Waals surface area contributed by atoms with Gasteiger partial charge in [0.1, 0.15) is 0 Å². The van der Waals surface area contributed by atoms with E-state index in [4.69, 9.17) is 5.26 Å². The lowest BCUT2D eigenvalue weighted by Gasteiger charge is -2.07. The highest BCUT2D eigenvalue weighted by Gasteiger charge is 2.07. The highest BCUT2D eigenvalue weighted by molar-refractivity contribution is 6.04. The molecule has 0 unspecified atom stereocenters. The summed E-state index contributed by atoms with van der Waals surface area (Å²) < 4.78 is 0. The van der Waals surface area contributed by atoms with Crippen molar-refractivity contribution in [2.75, 3.05) is 5.32 Å². The molecule has 0 saturated carbocycles. The average Bonchev–Trinajstić information content (AvgIpc) is 2.41. The Balaban J connectivity index is 2.17. The van der Waals surface area contributed by atoms with Crippen molar-refractivity contribution >= 4 is 11.6 Å². The molecule has 1 amide bonds. The van der Waals surface area contributed by atoms with Gasteiger partial charge in [0.25, 0.3) is 5.91 Å². The predicted molar refractivity (Wildman–Crippen MR) is 68.1 cm³/mol. The van der Waals surface area contributed by atoms with Gasteiger partial charge in [0.15, 0.2) is 0 Å². The zero-order chi connectivity index (χ0) is 13.0. The van der Waals surface area contributed by atoms with E-state index in [0.29, 0.717) is 16.8 Å². The number of carbonyl (C=O) groups excluding carboxylic acids is 1. The second-order valence-electron chi connectivity index (χ2n) is 3.83. The molecule has 2 rings (SSSR count). The number of benzene rings is 1. The molecule has 1 heterocycles. The number of nitriles is 1. The minimum atomic E-state index is -0.212. The monoisotopic (exact) mass is 237 g/mol. The van der Waals surface area contributed by atoms with Crippen LogP contribution in [0, 0.1) is 18.3 Å². The van der Waals surface area contributed by atoms with Crippen LogP contribution in [0.3, 0.4) is 0 Å². The first-order valence-electron chi connectivity index (χ1n) is 5.43. The minimum absolute atomic E-state index is 0.212. The molecule has 0 aliphatic rings. The molecule has 0 fully saturated rings. The molecule has 4 heteroatoms. The summed E-state index contributed by atoms with van der Waals surface area (Å²) >= 11 is 0. The average molecular weight is 237 g/mol. The van der Waals surface area contributed by atoms with Crippen molar-refractivity contribution in [2.24, 2.45) is 0 Å². The summed E-state index contributed by atoms with van der Waals surface area (Å²) in [7, 11) is 0. The first-order valence-corrected chi connectivity index (χ1v) is 5.43. The fraction of sp³-hybridized carbons (Fsp3) is 0.0714. The molecule has 0 atom stereocenters. The molecule has 1 aromatic carbocycles. The molecule has 2 aromatic rings. The molecule has 1 aromatic heterocycles. The molecule has 0 saturated heterocycles. The second-order valence-corrected chi connectivity index (χ2v) is 3.83. The van der Waals surface area contributed by atoms with Crippen molar-refractivity contribution in [2.45, 2.75) is 6.92 Å². The van der Waals surface area contributed by atoms with Crippen molar-refractivity contribution in [3.05, 3.63) is 59.4 Å². The van der Waals surface area contributed by atoms with Gasteiger partial charge in [-0.25, -0.2) is 0 Å². The van der Waals surface area contributed by atoms with Crippen LogP contribution >= 0.6 is 0 Å². The van der Waals surface area contributed by atoms with Crippen molar-refractivity contribution in [1.82, 2.24) is 4.98 Å². The van der Waals surface area contributed by atoms with Gasteiger partial charge < -0.3 is 5.32 Å². The van der Waals surface area contributed by atoms with Crippen LogP contribution in [0.2, 0.25) is 0 Å². The molecule has 0 radical (unpaired) electrons. The first kappa shape index (κ1) is 11.8. The van der Waals surface area contributed by atoms with Crippen molar-refractivity contribution in [3.8, 4) is 6.07 Å². The van der Waals surface area contributed by atoms with Gasteiger partial charge >= 0.3 is 0 Å². The minimum Gasteiger partial charge on any atom is -0.320 e. The van der Waals surface area contributed by atoms with E-state index < -0.39 is 0 Å². The van der Waals surface area contributed by atoms with Crippen LogP contribution in [0.15, 0.2) is 42.7 Å². The Morgan fingerprint density at radius 2 is 2.00 bits per heavy atom. The zero-order valence-corrected chi connectivity index (χ0v) is 9.84. The van der Waals surface area contributed by atoms with E-state index in [0.717, 1.165) is 5.56 Å². The lowest BCUT2D eigenvalue weighted by Crippen LogP contribution is -2.12. The molecule has 0 spiro atoms. The molecule has 0 aliphatic carbocycles. The van der Waals surface area contributed by atoms with E-state index in [1.807, 2.05) is 19.1 Å². The Morgan fingerprint density at radius 3 is 2.61 bits per heavy atom. The standard InChI is InChI=1S/C14H11N3O/c1-10-6-7-16-9-13(10)17-14(18)12-4-2-11(8-15)3-5-12/h2-7,9H,1H3,(H,17,18). The van der Waals surface area contributed by atoms with Crippen LogP contribution in [0.4, 0.5) is 5.69 Å². The number of carbonyl (C=O) groups is 1. The number of nitrogens with one attached hydrogen (secondary N) is 1. The lowest BCUT2D eigenvalue weighted by molar-refractivity contribution is 0.102. The smallest absolute Gasteiger partial charge is 0.255 e. The van der Waals surface area contributed by atoms with Crippen LogP contribution in [0.25, 0.3) is 0 Å². The third kappa shape index (κ3) is 2.53. The predicted octanol–water partition coefficient (Wildman–Crippen LogP) is 2.51. The number of rotatable bonds is 2. The lowest BCUT2D eigenvalue weighted by atomic mass is 10.1. The first-order chi connectivity index (χ1) is 8.70. The van der Waals surface area contributed by atoms with Crippen molar-refractivity contribution in [3.63, 3.8) is 0 Å². The van der Waals surface area contributed by atoms with Crippen LogP contribution in [0.1, 0.15) is 21.5 Å². The molecule has 0 aliphatic heterocycles. The number of anilines is 1. The number of nitrogens with zero attached hydrogens (tertiary/aromatic N) is 2. The summed E-state index contributed by atoms with van der Waals surface area (Å²) in [6.45, 7) is 1.90. The SMILES string of the molecule is Cc1ccncc1NC(=O)c1ccc(C#N)cc1. The number of aryl methyl sites for hydroxylation is 1. The van der Waals surface area contributed by atoms with E-state index in [1.165, 1.54) is 0 Å². The molecular formula is C14H11N3O. The van der Waals surface area contributed by atoms with E-state index in [-0.39, 0.29) is 5.91 Å². The summed E-state index contributed by atoms with van der Waals surface area (Å²) in [4.78, 5) is 15.9. The number of amides is 1. The topological polar surface area (TPSA) is 65.8 Å². The molecular weight excluding hydrogens is 226 g/mol. The van der Waals surface area contributed by atoms with Gasteiger partial charge in [0, 0.05) is 11.8 Å². The van der Waals surface area contributed by atoms with Gasteiger partial charge in [-0.05, 0) is 42.8 Å². The van der Waals surface area contributed by atoms with Gasteiger partial charge in [-0.1, -0.05) is 0 Å². The summed E-state index contributed by atoms with van der Waals surface area (Å²) in [6, 6.07) is 10.3. The van der Waals surface area contributed by atoms with Crippen molar-refractivity contribution < 1.29 is 4.79 Å². The Kier molecular flexibility index (Phi) is 3.35. The fourth-order valence-corrected chi connectivity index (χ4v) is 1.49. The third-order valence-corrected chi connectivity index (χ3v) is 2.56. The molecule has 18 heavy (non-hydrogen) atoms. The number of pyridine rings is 1. The maximum atomic E-state index is 11.9. The Morgan fingerprint density at radius 1 is 1.28 bits per heavy atom. The molecule has 1 N–H and O–H groups in total. The Hall–Kier alpha value is -2.67. The number of aromatic nitrogens is 1. The number of hydrogen-bond acceptors (Lipinski definition) is 3. The second kappa shape index (κ2) is 5.11. The molecule has 0 bridgehead atoms. The Bertz CT molecular complexity index is 612. The van der Waals surface area contributed by atoms with Crippen molar-refractivity contribution in [1.29, 1.82) is 5.26 Å². The molecule has 88 valence electrons. The normalized spacial score (nSPS) is 9.56. The van der Waals surface area contributed by atoms with Gasteiger partial charge in [-0.3, -0.25) is 9.78 Å².